The minimum atomic E-state index is -0.514. The molecule has 7 nitrogen and oxygen atoms in total. The summed E-state index contributed by atoms with van der Waals surface area (Å²) in [6.45, 7) is 3.47. The number of rotatable bonds is 2. The molecule has 3 N–H and O–H groups in total. The molecule has 0 radical (unpaired) electrons. The van der Waals surface area contributed by atoms with E-state index in [0.717, 1.165) is 13.1 Å². The van der Waals surface area contributed by atoms with Gasteiger partial charge in [0.05, 0.1) is 19.3 Å². The molecular weight excluding hydrogens is 236 g/mol. The monoisotopic (exact) mass is 256 g/mol. The van der Waals surface area contributed by atoms with Crippen LogP contribution < -0.4 is 16.0 Å². The van der Waals surface area contributed by atoms with Crippen LogP contribution in [0.2, 0.25) is 0 Å². The Bertz CT molecular complexity index is 317. The zero-order valence-electron chi connectivity index (χ0n) is 10.6. The number of amides is 2. The predicted molar refractivity (Wildman–Crippen MR) is 65.0 cm³/mol. The summed E-state index contributed by atoms with van der Waals surface area (Å²) in [5.74, 6) is -0.203. The highest BCUT2D eigenvalue weighted by atomic mass is 16.5. The van der Waals surface area contributed by atoms with Gasteiger partial charge in [-0.05, 0) is 0 Å². The van der Waals surface area contributed by atoms with Crippen molar-refractivity contribution in [2.75, 3.05) is 46.4 Å². The van der Waals surface area contributed by atoms with E-state index in [9.17, 15) is 9.59 Å². The van der Waals surface area contributed by atoms with Gasteiger partial charge in [-0.1, -0.05) is 0 Å². The third kappa shape index (κ3) is 2.80. The SMILES string of the molecule is CNC(=O)C1COCCN1C(=O)C1CNCCN1. The summed E-state index contributed by atoms with van der Waals surface area (Å²) >= 11 is 0. The van der Waals surface area contributed by atoms with E-state index >= 15 is 0 Å². The van der Waals surface area contributed by atoms with Crippen LogP contribution in [0.5, 0.6) is 0 Å². The highest BCUT2D eigenvalue weighted by Gasteiger charge is 2.35. The number of hydrogen-bond donors (Lipinski definition) is 3. The zero-order valence-corrected chi connectivity index (χ0v) is 10.6. The van der Waals surface area contributed by atoms with Gasteiger partial charge in [0.1, 0.15) is 6.04 Å². The molecule has 0 aromatic carbocycles. The van der Waals surface area contributed by atoms with Crippen LogP contribution >= 0.6 is 0 Å². The van der Waals surface area contributed by atoms with Gasteiger partial charge in [0, 0.05) is 33.2 Å². The van der Waals surface area contributed by atoms with Crippen LogP contribution in [0.25, 0.3) is 0 Å². The first-order valence-corrected chi connectivity index (χ1v) is 6.28. The van der Waals surface area contributed by atoms with Gasteiger partial charge in [-0.25, -0.2) is 0 Å². The van der Waals surface area contributed by atoms with E-state index in [1.165, 1.54) is 0 Å². The molecule has 2 unspecified atom stereocenters. The van der Waals surface area contributed by atoms with Crippen molar-refractivity contribution in [3.8, 4) is 0 Å². The van der Waals surface area contributed by atoms with Crippen molar-refractivity contribution in [1.82, 2.24) is 20.9 Å². The third-order valence-corrected chi connectivity index (χ3v) is 3.30. The topological polar surface area (TPSA) is 82.7 Å². The van der Waals surface area contributed by atoms with Crippen LogP contribution in [-0.2, 0) is 14.3 Å². The molecule has 2 heterocycles. The highest BCUT2D eigenvalue weighted by molar-refractivity contribution is 5.90. The van der Waals surface area contributed by atoms with E-state index < -0.39 is 6.04 Å². The average molecular weight is 256 g/mol. The Morgan fingerprint density at radius 3 is 2.89 bits per heavy atom. The molecule has 2 rings (SSSR count). The first-order chi connectivity index (χ1) is 8.74. The lowest BCUT2D eigenvalue weighted by molar-refractivity contribution is -0.150. The van der Waals surface area contributed by atoms with E-state index in [4.69, 9.17) is 4.74 Å². The number of nitrogens with one attached hydrogen (secondary N) is 3. The quantitative estimate of drug-likeness (QED) is 0.510. The van der Waals surface area contributed by atoms with Crippen LogP contribution in [0.15, 0.2) is 0 Å². The number of ether oxygens (including phenoxy) is 1. The van der Waals surface area contributed by atoms with Crippen molar-refractivity contribution in [1.29, 1.82) is 0 Å². The average Bonchev–Trinajstić information content (AvgIpc) is 2.46. The number of piperazine rings is 1. The number of morpholine rings is 1. The van der Waals surface area contributed by atoms with Crippen molar-refractivity contribution < 1.29 is 14.3 Å². The fourth-order valence-corrected chi connectivity index (χ4v) is 2.28. The Hall–Kier alpha value is -1.18. The second kappa shape index (κ2) is 6.12. The lowest BCUT2D eigenvalue weighted by atomic mass is 10.1. The van der Waals surface area contributed by atoms with Crippen molar-refractivity contribution in [2.45, 2.75) is 12.1 Å². The van der Waals surface area contributed by atoms with Gasteiger partial charge in [-0.2, -0.15) is 0 Å². The smallest absolute Gasteiger partial charge is 0.244 e. The standard InChI is InChI=1S/C11H20N4O3/c1-12-10(16)9-7-18-5-4-15(9)11(17)8-6-13-2-3-14-8/h8-9,13-14H,2-7H2,1H3,(H,12,16). The summed E-state index contributed by atoms with van der Waals surface area (Å²) in [6.07, 6.45) is 0. The molecule has 2 aliphatic heterocycles. The molecule has 7 heteroatoms. The molecule has 0 aromatic rings. The Balaban J connectivity index is 2.03. The maximum Gasteiger partial charge on any atom is 0.244 e. The van der Waals surface area contributed by atoms with Crippen molar-refractivity contribution in [2.24, 2.45) is 0 Å². The number of carbonyl (C=O) groups is 2. The Labute approximate surface area is 106 Å². The highest BCUT2D eigenvalue weighted by Crippen LogP contribution is 2.09. The van der Waals surface area contributed by atoms with E-state index in [0.29, 0.717) is 19.7 Å². The van der Waals surface area contributed by atoms with Gasteiger partial charge in [0.2, 0.25) is 11.8 Å². The number of carbonyl (C=O) groups excluding carboxylic acids is 2. The lowest BCUT2D eigenvalue weighted by Gasteiger charge is -2.37. The Kier molecular flexibility index (Phi) is 4.51. The molecule has 2 atom stereocenters. The summed E-state index contributed by atoms with van der Waals surface area (Å²) in [5, 5.41) is 8.91. The number of nitrogens with zero attached hydrogens (tertiary/aromatic N) is 1. The Morgan fingerprint density at radius 2 is 2.22 bits per heavy atom. The van der Waals surface area contributed by atoms with Gasteiger partial charge in [-0.15, -0.1) is 0 Å². The van der Waals surface area contributed by atoms with Crippen molar-refractivity contribution in [3.05, 3.63) is 0 Å². The molecule has 0 spiro atoms. The number of likely N-dealkylation sites (N-methyl/N-ethyl adjacent to an activating group) is 1. The van der Waals surface area contributed by atoms with Crippen molar-refractivity contribution >= 4 is 11.8 Å². The van der Waals surface area contributed by atoms with Crippen LogP contribution in [0, 0.1) is 0 Å². The number of hydrogen-bond acceptors (Lipinski definition) is 5. The summed E-state index contributed by atoms with van der Waals surface area (Å²) in [7, 11) is 1.57. The van der Waals surface area contributed by atoms with Crippen LogP contribution in [0.4, 0.5) is 0 Å². The summed E-state index contributed by atoms with van der Waals surface area (Å²) < 4.78 is 5.28. The molecule has 0 bridgehead atoms. The predicted octanol–water partition coefficient (Wildman–Crippen LogP) is -2.48. The second-order valence-corrected chi connectivity index (χ2v) is 4.45. The maximum atomic E-state index is 12.4. The van der Waals surface area contributed by atoms with Crippen molar-refractivity contribution in [3.63, 3.8) is 0 Å². The second-order valence-electron chi connectivity index (χ2n) is 4.45. The van der Waals surface area contributed by atoms with Gasteiger partial charge >= 0.3 is 0 Å². The minimum absolute atomic E-state index is 0.0286. The van der Waals surface area contributed by atoms with Crippen LogP contribution in [0.3, 0.4) is 0 Å². The molecule has 18 heavy (non-hydrogen) atoms. The van der Waals surface area contributed by atoms with Gasteiger partial charge in [0.15, 0.2) is 0 Å². The molecule has 2 aliphatic rings. The van der Waals surface area contributed by atoms with E-state index in [1.807, 2.05) is 0 Å². The van der Waals surface area contributed by atoms with Crippen LogP contribution in [-0.4, -0.2) is 75.2 Å². The van der Waals surface area contributed by atoms with E-state index in [-0.39, 0.29) is 24.5 Å². The normalized spacial score (nSPS) is 28.8. The molecule has 2 saturated heterocycles. The minimum Gasteiger partial charge on any atom is -0.377 e. The lowest BCUT2D eigenvalue weighted by Crippen LogP contribution is -2.62. The first-order valence-electron chi connectivity index (χ1n) is 6.28. The fourth-order valence-electron chi connectivity index (χ4n) is 2.28. The third-order valence-electron chi connectivity index (χ3n) is 3.30. The zero-order chi connectivity index (χ0) is 13.0. The Morgan fingerprint density at radius 1 is 1.39 bits per heavy atom. The summed E-state index contributed by atoms with van der Waals surface area (Å²) in [5.41, 5.74) is 0. The van der Waals surface area contributed by atoms with Crippen LogP contribution in [0.1, 0.15) is 0 Å². The van der Waals surface area contributed by atoms with Gasteiger partial charge in [-0.3, -0.25) is 9.59 Å². The van der Waals surface area contributed by atoms with Gasteiger partial charge < -0.3 is 25.6 Å². The van der Waals surface area contributed by atoms with Gasteiger partial charge in [0.25, 0.3) is 0 Å². The fraction of sp³-hybridized carbons (Fsp3) is 0.818. The molecule has 0 saturated carbocycles. The maximum absolute atomic E-state index is 12.4. The molecule has 0 aliphatic carbocycles. The first kappa shape index (κ1) is 13.3. The summed E-state index contributed by atoms with van der Waals surface area (Å²) in [6, 6.07) is -0.760. The summed E-state index contributed by atoms with van der Waals surface area (Å²) in [4.78, 5) is 25.7. The van der Waals surface area contributed by atoms with E-state index in [1.54, 1.807) is 11.9 Å². The molecule has 2 fully saturated rings. The largest absolute Gasteiger partial charge is 0.377 e. The van der Waals surface area contributed by atoms with E-state index in [2.05, 4.69) is 16.0 Å². The molecule has 0 aromatic heterocycles. The molecule has 102 valence electrons. The molecular formula is C11H20N4O3. The molecule has 2 amide bonds.